The second-order valence-electron chi connectivity index (χ2n) is 3.03. The third kappa shape index (κ3) is 1.41. The molecule has 0 spiro atoms. The summed E-state index contributed by atoms with van der Waals surface area (Å²) >= 11 is 0. The van der Waals surface area contributed by atoms with E-state index < -0.39 is 0 Å². The van der Waals surface area contributed by atoms with Crippen LogP contribution in [-0.2, 0) is 0 Å². The molecule has 0 saturated heterocycles. The number of aromatic nitrogens is 8. The molecule has 0 saturated carbocycles. The van der Waals surface area contributed by atoms with Gasteiger partial charge in [-0.1, -0.05) is 6.07 Å². The van der Waals surface area contributed by atoms with Crippen molar-refractivity contribution in [2.75, 3.05) is 0 Å². The number of nitrogens with zero attached hydrogens (tertiary/aromatic N) is 8. The molecule has 0 aliphatic heterocycles. The maximum Gasteiger partial charge on any atom is 0.143 e. The molecule has 16 heavy (non-hydrogen) atoms. The summed E-state index contributed by atoms with van der Waals surface area (Å²) in [5, 5.41) is 21.9. The van der Waals surface area contributed by atoms with Gasteiger partial charge in [-0.3, -0.25) is 0 Å². The van der Waals surface area contributed by atoms with Crippen LogP contribution >= 0.6 is 0 Å². The summed E-state index contributed by atoms with van der Waals surface area (Å²) in [6, 6.07) is 7.55. The van der Waals surface area contributed by atoms with Gasteiger partial charge in [-0.25, -0.2) is 9.36 Å². The van der Waals surface area contributed by atoms with Gasteiger partial charge in [-0.15, -0.1) is 10.2 Å². The largest absolute Gasteiger partial charge is 0.200 e. The van der Waals surface area contributed by atoms with Crippen molar-refractivity contribution in [2.45, 2.75) is 0 Å². The minimum absolute atomic E-state index is 0.845. The zero-order chi connectivity index (χ0) is 10.8. The maximum atomic E-state index is 3.80. The predicted octanol–water partition coefficient (Wildman–Crippen LogP) is -0.362. The van der Waals surface area contributed by atoms with Gasteiger partial charge in [0.25, 0.3) is 0 Å². The van der Waals surface area contributed by atoms with Crippen LogP contribution in [-0.4, -0.2) is 40.4 Å². The van der Waals surface area contributed by atoms with E-state index in [1.165, 1.54) is 12.7 Å². The number of tetrazole rings is 2. The van der Waals surface area contributed by atoms with Crippen molar-refractivity contribution in [1.29, 1.82) is 0 Å². The molecule has 0 amide bonds. The fourth-order valence-electron chi connectivity index (χ4n) is 1.34. The van der Waals surface area contributed by atoms with Crippen molar-refractivity contribution in [1.82, 2.24) is 40.4 Å². The Labute approximate surface area is 89.5 Å². The molecule has 0 bridgehead atoms. The van der Waals surface area contributed by atoms with Crippen LogP contribution in [0, 0.1) is 0 Å². The smallest absolute Gasteiger partial charge is 0.143 e. The zero-order valence-corrected chi connectivity index (χ0v) is 8.04. The quantitative estimate of drug-likeness (QED) is 0.578. The van der Waals surface area contributed by atoms with E-state index in [9.17, 15) is 0 Å². The molecule has 8 nitrogen and oxygen atoms in total. The van der Waals surface area contributed by atoms with Gasteiger partial charge < -0.3 is 0 Å². The predicted molar refractivity (Wildman–Crippen MR) is 51.9 cm³/mol. The van der Waals surface area contributed by atoms with Gasteiger partial charge in [-0.2, -0.15) is 0 Å². The van der Waals surface area contributed by atoms with E-state index in [0.29, 0.717) is 0 Å². The van der Waals surface area contributed by atoms with Gasteiger partial charge in [0.05, 0.1) is 11.4 Å². The molecule has 2 aromatic heterocycles. The molecule has 0 N–H and O–H groups in total. The van der Waals surface area contributed by atoms with Crippen molar-refractivity contribution in [3.05, 3.63) is 36.9 Å². The highest BCUT2D eigenvalue weighted by molar-refractivity contribution is 5.41. The van der Waals surface area contributed by atoms with Crippen molar-refractivity contribution in [2.24, 2.45) is 0 Å². The third-order valence-corrected chi connectivity index (χ3v) is 2.06. The van der Waals surface area contributed by atoms with E-state index in [-0.39, 0.29) is 0 Å². The summed E-state index contributed by atoms with van der Waals surface area (Å²) in [5.41, 5.74) is 1.69. The number of benzene rings is 1. The molecule has 3 aromatic rings. The van der Waals surface area contributed by atoms with E-state index in [0.717, 1.165) is 11.4 Å². The molecule has 0 radical (unpaired) electrons. The average Bonchev–Trinajstić information content (AvgIpc) is 3.03. The first-order valence-electron chi connectivity index (χ1n) is 4.50. The van der Waals surface area contributed by atoms with Gasteiger partial charge in [0.2, 0.25) is 0 Å². The topological polar surface area (TPSA) is 87.2 Å². The van der Waals surface area contributed by atoms with Crippen LogP contribution in [0.2, 0.25) is 0 Å². The van der Waals surface area contributed by atoms with E-state index in [1.807, 2.05) is 24.3 Å². The molecule has 2 heterocycles. The Balaban J connectivity index is 2.07. The zero-order valence-electron chi connectivity index (χ0n) is 8.04. The van der Waals surface area contributed by atoms with Crippen LogP contribution in [0.4, 0.5) is 0 Å². The summed E-state index contributed by atoms with van der Waals surface area (Å²) in [5.74, 6) is 0. The third-order valence-electron chi connectivity index (χ3n) is 2.06. The summed E-state index contributed by atoms with van der Waals surface area (Å²) in [6.45, 7) is 0. The van der Waals surface area contributed by atoms with Crippen LogP contribution in [0.15, 0.2) is 36.9 Å². The molecule has 1 aromatic carbocycles. The number of hydrogen-bond acceptors (Lipinski definition) is 6. The molecule has 0 fully saturated rings. The maximum absolute atomic E-state index is 3.80. The second-order valence-corrected chi connectivity index (χ2v) is 3.03. The fraction of sp³-hybridized carbons (Fsp3) is 0. The van der Waals surface area contributed by atoms with Crippen molar-refractivity contribution < 1.29 is 0 Å². The minimum Gasteiger partial charge on any atom is -0.200 e. The molecular formula is C8H6N8. The monoisotopic (exact) mass is 214 g/mol. The Hall–Kier alpha value is -2.64. The Morgan fingerprint density at radius 1 is 0.812 bits per heavy atom. The normalized spacial score (nSPS) is 10.5. The lowest BCUT2D eigenvalue weighted by molar-refractivity contribution is 0.774. The summed E-state index contributed by atoms with van der Waals surface area (Å²) < 4.78 is 3.13. The number of rotatable bonds is 2. The lowest BCUT2D eigenvalue weighted by Gasteiger charge is -2.02. The second kappa shape index (κ2) is 3.50. The van der Waals surface area contributed by atoms with Crippen molar-refractivity contribution >= 4 is 0 Å². The first kappa shape index (κ1) is 8.65. The van der Waals surface area contributed by atoms with Crippen molar-refractivity contribution in [3.63, 3.8) is 0 Å². The standard InChI is InChI=1S/C8H6N8/c1-2-7(15-5-9-11-13-15)4-8(3-1)16-6-10-12-14-16/h1-6H. The van der Waals surface area contributed by atoms with Gasteiger partial charge in [0.15, 0.2) is 0 Å². The first-order chi connectivity index (χ1) is 7.93. The fourth-order valence-corrected chi connectivity index (χ4v) is 1.34. The van der Waals surface area contributed by atoms with Crippen LogP contribution in [0.25, 0.3) is 11.4 Å². The highest BCUT2D eigenvalue weighted by Gasteiger charge is 2.01. The molecular weight excluding hydrogens is 208 g/mol. The lowest BCUT2D eigenvalue weighted by atomic mass is 10.3. The Kier molecular flexibility index (Phi) is 1.89. The van der Waals surface area contributed by atoms with Crippen LogP contribution in [0.3, 0.4) is 0 Å². The van der Waals surface area contributed by atoms with Gasteiger partial charge in [-0.05, 0) is 39.1 Å². The minimum atomic E-state index is 0.845. The highest BCUT2D eigenvalue weighted by Crippen LogP contribution is 2.11. The molecule has 8 heteroatoms. The highest BCUT2D eigenvalue weighted by atomic mass is 15.5. The van der Waals surface area contributed by atoms with E-state index in [2.05, 4.69) is 31.1 Å². The first-order valence-corrected chi connectivity index (χ1v) is 4.50. The van der Waals surface area contributed by atoms with E-state index in [4.69, 9.17) is 0 Å². The van der Waals surface area contributed by atoms with Gasteiger partial charge in [0.1, 0.15) is 12.7 Å². The van der Waals surface area contributed by atoms with E-state index in [1.54, 1.807) is 9.36 Å². The molecule has 0 atom stereocenters. The molecule has 3 rings (SSSR count). The summed E-state index contributed by atoms with van der Waals surface area (Å²) in [4.78, 5) is 0. The molecule has 0 aliphatic carbocycles. The van der Waals surface area contributed by atoms with E-state index >= 15 is 0 Å². The number of hydrogen-bond donors (Lipinski definition) is 0. The van der Waals surface area contributed by atoms with Gasteiger partial charge >= 0.3 is 0 Å². The Morgan fingerprint density at radius 2 is 1.38 bits per heavy atom. The van der Waals surface area contributed by atoms with Crippen LogP contribution < -0.4 is 0 Å². The Morgan fingerprint density at radius 3 is 1.81 bits per heavy atom. The van der Waals surface area contributed by atoms with Crippen molar-refractivity contribution in [3.8, 4) is 11.4 Å². The van der Waals surface area contributed by atoms with Crippen LogP contribution in [0.1, 0.15) is 0 Å². The van der Waals surface area contributed by atoms with Gasteiger partial charge in [0, 0.05) is 0 Å². The summed E-state index contributed by atoms with van der Waals surface area (Å²) in [7, 11) is 0. The lowest BCUT2D eigenvalue weighted by Crippen LogP contribution is -1.99. The summed E-state index contributed by atoms with van der Waals surface area (Å²) in [6.07, 6.45) is 3.05. The average molecular weight is 214 g/mol. The SMILES string of the molecule is c1cc(-n2cnnn2)cc(-n2cnnn2)c1. The molecule has 0 unspecified atom stereocenters. The molecule has 0 aliphatic rings. The Bertz CT molecular complexity index is 520. The van der Waals surface area contributed by atoms with Crippen LogP contribution in [0.5, 0.6) is 0 Å². The molecule has 78 valence electrons.